The molecule has 4 rings (SSSR count). The number of aliphatic hydroxyl groups excluding tert-OH is 1. The Morgan fingerprint density at radius 3 is 2.33 bits per heavy atom. The van der Waals surface area contributed by atoms with Gasteiger partial charge in [0.1, 0.15) is 5.76 Å². The number of sulfonamides is 1. The number of benzene rings is 2. The topological polar surface area (TPSA) is 134 Å². The maximum Gasteiger partial charge on any atom is 0.295 e. The number of phenolic OH excluding ortho intramolecular Hbond substituents is 1. The Morgan fingerprint density at radius 1 is 1.02 bits per heavy atom. The number of nitrogens with zero attached hydrogens (tertiary/aromatic N) is 2. The summed E-state index contributed by atoms with van der Waals surface area (Å²) in [4.78, 5) is 27.9. The lowest BCUT2D eigenvalue weighted by atomic mass is 9.95. The number of amides is 1. The zero-order valence-corrected chi connectivity index (χ0v) is 23.7. The molecule has 0 spiro atoms. The second-order valence-electron chi connectivity index (χ2n) is 9.84. The number of hydrogen-bond acceptors (Lipinski definition) is 8. The summed E-state index contributed by atoms with van der Waals surface area (Å²) in [5.41, 5.74) is 0.553. The monoisotopic (exact) mass is 572 g/mol. The molecule has 2 aromatic carbocycles. The summed E-state index contributed by atoms with van der Waals surface area (Å²) in [5.74, 6) is -1.95. The van der Waals surface area contributed by atoms with Gasteiger partial charge in [0.05, 0.1) is 23.1 Å². The minimum absolute atomic E-state index is 0.0943. The normalized spacial score (nSPS) is 20.1. The summed E-state index contributed by atoms with van der Waals surface area (Å²) in [6.07, 6.45) is 4.07. The van der Waals surface area contributed by atoms with Crippen molar-refractivity contribution in [2.75, 3.05) is 40.0 Å². The Kier molecular flexibility index (Phi) is 9.49. The zero-order chi connectivity index (χ0) is 28.9. The average Bonchev–Trinajstić information content (AvgIpc) is 3.13. The fourth-order valence-corrected chi connectivity index (χ4v) is 6.70. The molecule has 0 aromatic heterocycles. The lowest BCUT2D eigenvalue weighted by Gasteiger charge is -2.26. The first-order valence-electron chi connectivity index (χ1n) is 13.5. The summed E-state index contributed by atoms with van der Waals surface area (Å²) in [6, 6.07) is 9.29. The Balaban J connectivity index is 1.74. The highest BCUT2D eigenvalue weighted by molar-refractivity contribution is 7.89. The van der Waals surface area contributed by atoms with E-state index in [1.165, 1.54) is 46.6 Å². The summed E-state index contributed by atoms with van der Waals surface area (Å²) >= 11 is 0. The van der Waals surface area contributed by atoms with E-state index >= 15 is 0 Å². The fourth-order valence-electron chi connectivity index (χ4n) is 5.18. The fraction of sp³-hybridized carbons (Fsp3) is 0.448. The van der Waals surface area contributed by atoms with Gasteiger partial charge in [-0.05, 0) is 68.1 Å². The van der Waals surface area contributed by atoms with Crippen LogP contribution >= 0.6 is 0 Å². The van der Waals surface area contributed by atoms with E-state index in [0.717, 1.165) is 25.7 Å². The van der Waals surface area contributed by atoms with Gasteiger partial charge in [-0.2, -0.15) is 4.31 Å². The summed E-state index contributed by atoms with van der Waals surface area (Å²) < 4.78 is 38.5. The van der Waals surface area contributed by atoms with E-state index in [1.54, 1.807) is 19.1 Å². The SMILES string of the molecule is CCOc1cc(C2/C(=C(/O)c3ccc(S(=O)(=O)N4CCCCCC4)cc3)C(=O)C(=O)N2CCCOC)ccc1O. The number of rotatable bonds is 10. The molecule has 2 heterocycles. The lowest BCUT2D eigenvalue weighted by Crippen LogP contribution is -2.31. The van der Waals surface area contributed by atoms with Gasteiger partial charge in [-0.1, -0.05) is 18.9 Å². The first-order chi connectivity index (χ1) is 19.2. The predicted octanol–water partition coefficient (Wildman–Crippen LogP) is 3.81. The molecule has 40 heavy (non-hydrogen) atoms. The van der Waals surface area contributed by atoms with Crippen molar-refractivity contribution in [2.45, 2.75) is 50.0 Å². The third-order valence-corrected chi connectivity index (χ3v) is 9.13. The van der Waals surface area contributed by atoms with Crippen LogP contribution < -0.4 is 4.74 Å². The maximum absolute atomic E-state index is 13.3. The molecule has 0 saturated carbocycles. The van der Waals surface area contributed by atoms with E-state index < -0.39 is 33.5 Å². The van der Waals surface area contributed by atoms with E-state index in [-0.39, 0.29) is 40.7 Å². The van der Waals surface area contributed by atoms with Crippen LogP contribution in [0.2, 0.25) is 0 Å². The number of carbonyl (C=O) groups is 2. The summed E-state index contributed by atoms with van der Waals surface area (Å²) in [6.45, 7) is 3.54. The van der Waals surface area contributed by atoms with Crippen molar-refractivity contribution in [3.05, 3.63) is 59.2 Å². The number of carbonyl (C=O) groups excluding carboxylic acids is 2. The number of aliphatic hydroxyl groups is 1. The number of aromatic hydroxyl groups is 1. The molecule has 1 amide bonds. The van der Waals surface area contributed by atoms with Crippen molar-refractivity contribution in [2.24, 2.45) is 0 Å². The number of methoxy groups -OCH3 is 1. The van der Waals surface area contributed by atoms with Gasteiger partial charge in [0.25, 0.3) is 11.7 Å². The maximum atomic E-state index is 13.3. The van der Waals surface area contributed by atoms with Gasteiger partial charge < -0.3 is 24.6 Å². The summed E-state index contributed by atoms with van der Waals surface area (Å²) in [7, 11) is -2.16. The van der Waals surface area contributed by atoms with Crippen molar-refractivity contribution in [1.82, 2.24) is 9.21 Å². The van der Waals surface area contributed by atoms with Crippen molar-refractivity contribution in [3.63, 3.8) is 0 Å². The molecule has 2 aliphatic rings. The third-order valence-electron chi connectivity index (χ3n) is 7.22. The lowest BCUT2D eigenvalue weighted by molar-refractivity contribution is -0.140. The molecular formula is C29H36N2O8S. The molecule has 2 fully saturated rings. The predicted molar refractivity (Wildman–Crippen MR) is 148 cm³/mol. The van der Waals surface area contributed by atoms with Gasteiger partial charge in [0, 0.05) is 38.9 Å². The number of likely N-dealkylation sites (tertiary alicyclic amines) is 1. The highest BCUT2D eigenvalue weighted by Gasteiger charge is 2.46. The van der Waals surface area contributed by atoms with Crippen LogP contribution in [0.1, 0.15) is 56.2 Å². The first kappa shape index (κ1) is 29.6. The van der Waals surface area contributed by atoms with Crippen LogP contribution in [0.3, 0.4) is 0 Å². The van der Waals surface area contributed by atoms with Gasteiger partial charge >= 0.3 is 0 Å². The highest BCUT2D eigenvalue weighted by Crippen LogP contribution is 2.42. The zero-order valence-electron chi connectivity index (χ0n) is 22.8. The third kappa shape index (κ3) is 6.01. The smallest absolute Gasteiger partial charge is 0.295 e. The molecule has 0 aliphatic carbocycles. The van der Waals surface area contributed by atoms with E-state index in [4.69, 9.17) is 9.47 Å². The van der Waals surface area contributed by atoms with Crippen LogP contribution in [0.25, 0.3) is 5.76 Å². The Labute approximate surface area is 234 Å². The molecule has 2 saturated heterocycles. The van der Waals surface area contributed by atoms with Crippen molar-refractivity contribution >= 4 is 27.5 Å². The van der Waals surface area contributed by atoms with Crippen LogP contribution in [0, 0.1) is 0 Å². The average molecular weight is 573 g/mol. The molecule has 11 heteroatoms. The molecule has 10 nitrogen and oxygen atoms in total. The second-order valence-corrected chi connectivity index (χ2v) is 11.8. The van der Waals surface area contributed by atoms with Crippen LogP contribution in [0.15, 0.2) is 52.9 Å². The van der Waals surface area contributed by atoms with Gasteiger partial charge in [-0.15, -0.1) is 0 Å². The van der Waals surface area contributed by atoms with Crippen molar-refractivity contribution in [1.29, 1.82) is 0 Å². The largest absolute Gasteiger partial charge is 0.507 e. The van der Waals surface area contributed by atoms with Crippen LogP contribution in [-0.2, 0) is 24.3 Å². The number of hydrogen-bond donors (Lipinski definition) is 2. The van der Waals surface area contributed by atoms with Crippen LogP contribution in [0.4, 0.5) is 0 Å². The molecule has 0 radical (unpaired) electrons. The minimum atomic E-state index is -3.70. The Hall–Kier alpha value is -3.41. The molecular weight excluding hydrogens is 536 g/mol. The van der Waals surface area contributed by atoms with Crippen molar-refractivity contribution in [3.8, 4) is 11.5 Å². The first-order valence-corrected chi connectivity index (χ1v) is 15.0. The molecule has 1 unspecified atom stereocenters. The quantitative estimate of drug-likeness (QED) is 0.190. The Morgan fingerprint density at radius 2 is 1.70 bits per heavy atom. The van der Waals surface area contributed by atoms with Crippen LogP contribution in [0.5, 0.6) is 11.5 Å². The number of ether oxygens (including phenoxy) is 2. The summed E-state index contributed by atoms with van der Waals surface area (Å²) in [5, 5.41) is 21.6. The molecule has 1 atom stereocenters. The number of Topliss-reactive ketones (excluding diaryl/α,β-unsaturated/α-hetero) is 1. The standard InChI is InChI=1S/C29H36N2O8S/c1-3-39-24-19-21(11-14-23(24)32)26-25(28(34)29(35)31(26)17-8-18-38-2)27(33)20-9-12-22(13-10-20)40(36,37)30-15-6-4-5-7-16-30/h9-14,19,26,32-33H,3-8,15-18H2,1-2H3/b27-25-. The van der Waals surface area contributed by atoms with Crippen LogP contribution in [-0.4, -0.2) is 79.5 Å². The molecule has 2 aliphatic heterocycles. The Bertz CT molecular complexity index is 1360. The minimum Gasteiger partial charge on any atom is -0.507 e. The van der Waals surface area contributed by atoms with Gasteiger partial charge in [0.2, 0.25) is 10.0 Å². The van der Waals surface area contributed by atoms with E-state index in [1.807, 2.05) is 0 Å². The van der Waals surface area contributed by atoms with E-state index in [2.05, 4.69) is 0 Å². The molecule has 2 aromatic rings. The molecule has 2 N–H and O–H groups in total. The number of ketones is 1. The second kappa shape index (κ2) is 12.8. The van der Waals surface area contributed by atoms with E-state index in [0.29, 0.717) is 31.7 Å². The van der Waals surface area contributed by atoms with Gasteiger partial charge in [-0.3, -0.25) is 9.59 Å². The van der Waals surface area contributed by atoms with Crippen molar-refractivity contribution < 1.29 is 37.7 Å². The number of phenols is 1. The van der Waals surface area contributed by atoms with Gasteiger partial charge in [0.15, 0.2) is 11.5 Å². The van der Waals surface area contributed by atoms with Gasteiger partial charge in [-0.25, -0.2) is 8.42 Å². The molecule has 216 valence electrons. The molecule has 0 bridgehead atoms. The van der Waals surface area contributed by atoms with E-state index in [9.17, 15) is 28.2 Å². The highest BCUT2D eigenvalue weighted by atomic mass is 32.2.